The van der Waals surface area contributed by atoms with Crippen molar-refractivity contribution in [3.8, 4) is 0 Å². The lowest BCUT2D eigenvalue weighted by Crippen LogP contribution is -2.41. The largest absolute Gasteiger partial charge is 0.351 e. The van der Waals surface area contributed by atoms with Crippen LogP contribution in [-0.4, -0.2) is 23.6 Å². The molecule has 17 heavy (non-hydrogen) atoms. The van der Waals surface area contributed by atoms with Gasteiger partial charge in [0, 0.05) is 28.8 Å². The predicted octanol–water partition coefficient (Wildman–Crippen LogP) is 1.76. The minimum Gasteiger partial charge on any atom is -0.351 e. The summed E-state index contributed by atoms with van der Waals surface area (Å²) in [6.45, 7) is 0.161. The Labute approximate surface area is 108 Å². The first-order valence-corrected chi connectivity index (χ1v) is 6.73. The van der Waals surface area contributed by atoms with Crippen LogP contribution in [0, 0.1) is 5.82 Å². The number of hydrogen-bond acceptors (Lipinski definition) is 3. The molecular weight excluding hydrogens is 263 g/mol. The summed E-state index contributed by atoms with van der Waals surface area (Å²) in [7, 11) is 0. The number of carbonyl (C=O) groups excluding carboxylic acids is 1. The van der Waals surface area contributed by atoms with E-state index in [9.17, 15) is 9.18 Å². The highest BCUT2D eigenvalue weighted by molar-refractivity contribution is 7.99. The number of thioether (sulfide) groups is 1. The van der Waals surface area contributed by atoms with Gasteiger partial charge in [0.2, 0.25) is 5.91 Å². The van der Waals surface area contributed by atoms with Crippen LogP contribution in [0.4, 0.5) is 4.39 Å². The molecule has 2 rings (SSSR count). The van der Waals surface area contributed by atoms with Crippen LogP contribution < -0.4 is 10.6 Å². The molecule has 0 aliphatic carbocycles. The monoisotopic (exact) mass is 274 g/mol. The predicted molar refractivity (Wildman–Crippen MR) is 67.5 cm³/mol. The summed E-state index contributed by atoms with van der Waals surface area (Å²) >= 11 is 7.43. The highest BCUT2D eigenvalue weighted by Gasteiger charge is 2.22. The molecule has 3 nitrogen and oxygen atoms in total. The first kappa shape index (κ1) is 12.7. The lowest BCUT2D eigenvalue weighted by atomic mass is 10.2. The van der Waals surface area contributed by atoms with Crippen LogP contribution in [-0.2, 0) is 11.3 Å². The Morgan fingerprint density at radius 3 is 3.18 bits per heavy atom. The molecule has 2 N–H and O–H groups in total. The maximum atomic E-state index is 13.4. The van der Waals surface area contributed by atoms with E-state index in [4.69, 9.17) is 11.6 Å². The van der Waals surface area contributed by atoms with E-state index < -0.39 is 0 Å². The Morgan fingerprint density at radius 1 is 1.65 bits per heavy atom. The summed E-state index contributed by atoms with van der Waals surface area (Å²) in [4.78, 5) is 11.7. The average Bonchev–Trinajstić information content (AvgIpc) is 2.83. The van der Waals surface area contributed by atoms with Gasteiger partial charge >= 0.3 is 0 Å². The maximum absolute atomic E-state index is 13.4. The molecule has 1 aliphatic rings. The summed E-state index contributed by atoms with van der Waals surface area (Å²) in [5.41, 5.74) is 0.400. The molecule has 0 aromatic heterocycles. The highest BCUT2D eigenvalue weighted by atomic mass is 35.5. The molecule has 1 amide bonds. The van der Waals surface area contributed by atoms with E-state index in [1.807, 2.05) is 0 Å². The molecule has 1 saturated heterocycles. The van der Waals surface area contributed by atoms with Gasteiger partial charge in [-0.25, -0.2) is 4.39 Å². The van der Waals surface area contributed by atoms with Crippen molar-refractivity contribution in [1.82, 2.24) is 10.6 Å². The summed E-state index contributed by atoms with van der Waals surface area (Å²) < 4.78 is 13.4. The van der Waals surface area contributed by atoms with Gasteiger partial charge in [0.05, 0.1) is 6.04 Å². The van der Waals surface area contributed by atoms with Crippen molar-refractivity contribution in [3.05, 3.63) is 34.6 Å². The van der Waals surface area contributed by atoms with Gasteiger partial charge in [-0.05, 0) is 18.2 Å². The van der Waals surface area contributed by atoms with Gasteiger partial charge in [-0.2, -0.15) is 0 Å². The van der Waals surface area contributed by atoms with Gasteiger partial charge < -0.3 is 5.32 Å². The zero-order chi connectivity index (χ0) is 12.3. The quantitative estimate of drug-likeness (QED) is 0.882. The van der Waals surface area contributed by atoms with Crippen molar-refractivity contribution in [3.63, 3.8) is 0 Å². The normalized spacial score (nSPS) is 19.3. The maximum Gasteiger partial charge on any atom is 0.238 e. The van der Waals surface area contributed by atoms with Crippen LogP contribution >= 0.6 is 23.4 Å². The number of benzene rings is 1. The molecular formula is C11H12ClFN2OS. The van der Waals surface area contributed by atoms with Gasteiger partial charge in [-0.3, -0.25) is 10.1 Å². The first-order chi connectivity index (χ1) is 8.16. The molecule has 1 unspecified atom stereocenters. The fourth-order valence-electron chi connectivity index (χ4n) is 1.55. The molecule has 92 valence electrons. The number of amides is 1. The summed E-state index contributed by atoms with van der Waals surface area (Å²) in [5, 5.41) is 6.21. The van der Waals surface area contributed by atoms with Crippen LogP contribution in [0.2, 0.25) is 5.02 Å². The summed E-state index contributed by atoms with van der Waals surface area (Å²) in [5.74, 6) is 1.07. The van der Waals surface area contributed by atoms with Crippen LogP contribution in [0.5, 0.6) is 0 Å². The van der Waals surface area contributed by atoms with Gasteiger partial charge in [-0.15, -0.1) is 11.8 Å². The van der Waals surface area contributed by atoms with Crippen molar-refractivity contribution in [2.75, 3.05) is 11.6 Å². The molecule has 0 saturated carbocycles. The Balaban J connectivity index is 1.92. The van der Waals surface area contributed by atoms with E-state index in [0.717, 1.165) is 11.6 Å². The van der Waals surface area contributed by atoms with Gasteiger partial charge in [0.25, 0.3) is 0 Å². The van der Waals surface area contributed by atoms with Crippen LogP contribution in [0.3, 0.4) is 0 Å². The van der Waals surface area contributed by atoms with Crippen LogP contribution in [0.1, 0.15) is 5.56 Å². The fraction of sp³-hybridized carbons (Fsp3) is 0.364. The van der Waals surface area contributed by atoms with E-state index in [1.165, 1.54) is 18.2 Å². The topological polar surface area (TPSA) is 41.1 Å². The number of carbonyl (C=O) groups is 1. The van der Waals surface area contributed by atoms with Gasteiger partial charge in [0.15, 0.2) is 0 Å². The standard InChI is InChI=1S/C11H12ClFN2OS/c12-8-1-2-9(13)7(3-8)4-14-11(16)10-5-17-6-15-10/h1-3,10,15H,4-6H2,(H,14,16). The lowest BCUT2D eigenvalue weighted by molar-refractivity contribution is -0.122. The van der Waals surface area contributed by atoms with E-state index in [1.54, 1.807) is 11.8 Å². The molecule has 1 aromatic carbocycles. The lowest BCUT2D eigenvalue weighted by Gasteiger charge is -2.11. The zero-order valence-corrected chi connectivity index (χ0v) is 10.6. The molecule has 0 spiro atoms. The highest BCUT2D eigenvalue weighted by Crippen LogP contribution is 2.15. The third-order valence-electron chi connectivity index (χ3n) is 2.49. The minimum absolute atomic E-state index is 0.102. The molecule has 0 radical (unpaired) electrons. The summed E-state index contributed by atoms with van der Waals surface area (Å²) in [6.07, 6.45) is 0. The second kappa shape index (κ2) is 5.71. The molecule has 6 heteroatoms. The van der Waals surface area contributed by atoms with Crippen molar-refractivity contribution in [2.45, 2.75) is 12.6 Å². The number of hydrogen-bond donors (Lipinski definition) is 2. The Hall–Kier alpha value is -0.780. The van der Waals surface area contributed by atoms with E-state index >= 15 is 0 Å². The van der Waals surface area contributed by atoms with Crippen LogP contribution in [0.15, 0.2) is 18.2 Å². The number of rotatable bonds is 3. The van der Waals surface area contributed by atoms with Crippen molar-refractivity contribution >= 4 is 29.3 Å². The SMILES string of the molecule is O=C(NCc1cc(Cl)ccc1F)C1CSCN1. The Morgan fingerprint density at radius 2 is 2.47 bits per heavy atom. The molecule has 1 heterocycles. The second-order valence-electron chi connectivity index (χ2n) is 3.73. The fourth-order valence-corrected chi connectivity index (χ4v) is 2.68. The third kappa shape index (κ3) is 3.34. The average molecular weight is 275 g/mol. The van der Waals surface area contributed by atoms with E-state index in [2.05, 4.69) is 10.6 Å². The molecule has 1 aromatic rings. The molecule has 0 bridgehead atoms. The summed E-state index contributed by atoms with van der Waals surface area (Å²) in [6, 6.07) is 4.13. The van der Waals surface area contributed by atoms with Crippen molar-refractivity contribution < 1.29 is 9.18 Å². The number of nitrogens with one attached hydrogen (secondary N) is 2. The Kier molecular flexibility index (Phi) is 4.25. The third-order valence-corrected chi connectivity index (χ3v) is 3.67. The Bertz CT molecular complexity index is 424. The van der Waals surface area contributed by atoms with Crippen LogP contribution in [0.25, 0.3) is 0 Å². The smallest absolute Gasteiger partial charge is 0.238 e. The number of halogens is 2. The van der Waals surface area contributed by atoms with Gasteiger partial charge in [-0.1, -0.05) is 11.6 Å². The van der Waals surface area contributed by atoms with E-state index in [0.29, 0.717) is 10.6 Å². The zero-order valence-electron chi connectivity index (χ0n) is 9.00. The molecule has 1 aliphatic heterocycles. The van der Waals surface area contributed by atoms with E-state index in [-0.39, 0.29) is 24.3 Å². The van der Waals surface area contributed by atoms with Crippen molar-refractivity contribution in [1.29, 1.82) is 0 Å². The van der Waals surface area contributed by atoms with Gasteiger partial charge in [0.1, 0.15) is 5.82 Å². The van der Waals surface area contributed by atoms with Crippen molar-refractivity contribution in [2.24, 2.45) is 0 Å². The molecule has 1 fully saturated rings. The molecule has 1 atom stereocenters. The second-order valence-corrected chi connectivity index (χ2v) is 5.19. The minimum atomic E-state index is -0.358. The first-order valence-electron chi connectivity index (χ1n) is 5.19.